The van der Waals surface area contributed by atoms with E-state index in [0.717, 1.165) is 34.0 Å². The van der Waals surface area contributed by atoms with Gasteiger partial charge in [-0.2, -0.15) is 0 Å². The molecule has 1 aliphatic heterocycles. The molecular formula is C38H50N4O4Si. The molecule has 9 heteroatoms. The molecule has 1 aromatic heterocycles. The maximum Gasteiger partial charge on any atom is 0.250 e. The third-order valence-electron chi connectivity index (χ3n) is 9.31. The van der Waals surface area contributed by atoms with E-state index in [1.54, 1.807) is 6.20 Å². The molecule has 1 fully saturated rings. The molecule has 1 aliphatic rings. The molecule has 0 bridgehead atoms. The SMILES string of the molecule is CCOc1cc(C(Nc2ccc3c(N)nccc3c2)C(=O)N2CC(O[Si](C)(C)C(C)(C)C)CC2c2ccccc2)ccc1OC(C)C. The number of rotatable bonds is 11. The summed E-state index contributed by atoms with van der Waals surface area (Å²) >= 11 is 0. The minimum Gasteiger partial charge on any atom is -0.490 e. The Hall–Kier alpha value is -4.08. The van der Waals surface area contributed by atoms with Crippen molar-refractivity contribution in [2.45, 2.75) is 90.4 Å². The average Bonchev–Trinajstić information content (AvgIpc) is 3.43. The van der Waals surface area contributed by atoms with Gasteiger partial charge in [-0.05, 0) is 98.2 Å². The maximum absolute atomic E-state index is 15.0. The number of nitrogens with one attached hydrogen (secondary N) is 1. The number of nitrogen functional groups attached to an aromatic ring is 1. The average molecular weight is 655 g/mol. The van der Waals surface area contributed by atoms with Gasteiger partial charge in [0.05, 0.1) is 24.9 Å². The van der Waals surface area contributed by atoms with Crippen LogP contribution in [0.15, 0.2) is 79.0 Å². The second kappa shape index (κ2) is 14.0. The Balaban J connectivity index is 1.57. The number of ether oxygens (including phenoxy) is 2. The lowest BCUT2D eigenvalue weighted by Gasteiger charge is -2.38. The first-order valence-electron chi connectivity index (χ1n) is 16.6. The summed E-state index contributed by atoms with van der Waals surface area (Å²) in [6.07, 6.45) is 2.35. The van der Waals surface area contributed by atoms with Gasteiger partial charge in [0, 0.05) is 23.8 Å². The molecule has 3 aromatic carbocycles. The lowest BCUT2D eigenvalue weighted by molar-refractivity contribution is -0.133. The van der Waals surface area contributed by atoms with E-state index < -0.39 is 14.4 Å². The van der Waals surface area contributed by atoms with Crippen LogP contribution in [0.3, 0.4) is 0 Å². The van der Waals surface area contributed by atoms with E-state index in [0.29, 0.717) is 30.5 Å². The van der Waals surface area contributed by atoms with Crippen LogP contribution in [0.4, 0.5) is 11.5 Å². The van der Waals surface area contributed by atoms with Crippen molar-refractivity contribution in [3.05, 3.63) is 90.1 Å². The second-order valence-electron chi connectivity index (χ2n) is 14.2. The summed E-state index contributed by atoms with van der Waals surface area (Å²) in [5.41, 5.74) is 8.83. The highest BCUT2D eigenvalue weighted by atomic mass is 28.4. The van der Waals surface area contributed by atoms with Crippen molar-refractivity contribution in [1.82, 2.24) is 9.88 Å². The number of aromatic nitrogens is 1. The molecule has 3 N–H and O–H groups in total. The minimum atomic E-state index is -2.08. The minimum absolute atomic E-state index is 0.0239. The van der Waals surface area contributed by atoms with Gasteiger partial charge in [0.25, 0.3) is 0 Å². The van der Waals surface area contributed by atoms with Crippen LogP contribution < -0.4 is 20.5 Å². The topological polar surface area (TPSA) is 98.9 Å². The van der Waals surface area contributed by atoms with Crippen LogP contribution in [-0.4, -0.2) is 49.5 Å². The van der Waals surface area contributed by atoms with Crippen LogP contribution in [0.5, 0.6) is 11.5 Å². The molecule has 5 rings (SSSR count). The van der Waals surface area contributed by atoms with Gasteiger partial charge in [-0.3, -0.25) is 4.79 Å². The largest absolute Gasteiger partial charge is 0.490 e. The smallest absolute Gasteiger partial charge is 0.250 e. The summed E-state index contributed by atoms with van der Waals surface area (Å²) in [5.74, 6) is 1.70. The number of anilines is 2. The highest BCUT2D eigenvalue weighted by molar-refractivity contribution is 6.74. The van der Waals surface area contributed by atoms with E-state index in [1.807, 2.05) is 86.3 Å². The molecule has 2 heterocycles. The van der Waals surface area contributed by atoms with Crippen molar-refractivity contribution in [3.63, 3.8) is 0 Å². The van der Waals surface area contributed by atoms with Crippen molar-refractivity contribution < 1.29 is 18.7 Å². The predicted octanol–water partition coefficient (Wildman–Crippen LogP) is 8.52. The number of nitrogens with zero attached hydrogens (tertiary/aromatic N) is 2. The van der Waals surface area contributed by atoms with Crippen molar-refractivity contribution in [1.29, 1.82) is 0 Å². The second-order valence-corrected chi connectivity index (χ2v) is 18.9. The Bertz CT molecular complexity index is 1690. The molecule has 0 spiro atoms. The molecular weight excluding hydrogens is 605 g/mol. The summed E-state index contributed by atoms with van der Waals surface area (Å²) < 4.78 is 19.0. The Morgan fingerprint density at radius 2 is 1.79 bits per heavy atom. The van der Waals surface area contributed by atoms with Gasteiger partial charge in [-0.15, -0.1) is 0 Å². The Kier molecular flexibility index (Phi) is 10.2. The number of amides is 1. The summed E-state index contributed by atoms with van der Waals surface area (Å²) in [5, 5.41) is 5.45. The molecule has 8 nitrogen and oxygen atoms in total. The van der Waals surface area contributed by atoms with E-state index in [2.05, 4.69) is 56.3 Å². The fourth-order valence-corrected chi connectivity index (χ4v) is 7.30. The van der Waals surface area contributed by atoms with E-state index in [4.69, 9.17) is 19.6 Å². The number of nitrogens with two attached hydrogens (primary N) is 1. The van der Waals surface area contributed by atoms with E-state index in [-0.39, 0.29) is 29.2 Å². The van der Waals surface area contributed by atoms with E-state index >= 15 is 4.79 Å². The van der Waals surface area contributed by atoms with Crippen LogP contribution in [0, 0.1) is 0 Å². The number of pyridine rings is 1. The normalized spacial score (nSPS) is 17.6. The van der Waals surface area contributed by atoms with Gasteiger partial charge in [0.2, 0.25) is 5.91 Å². The van der Waals surface area contributed by atoms with Gasteiger partial charge in [0.15, 0.2) is 19.8 Å². The van der Waals surface area contributed by atoms with Crippen LogP contribution in [0.2, 0.25) is 18.1 Å². The summed E-state index contributed by atoms with van der Waals surface area (Å²) in [4.78, 5) is 21.2. The number of fused-ring (bicyclic) bond motifs is 1. The first kappa shape index (κ1) is 34.3. The van der Waals surface area contributed by atoms with Gasteiger partial charge >= 0.3 is 0 Å². The lowest BCUT2D eigenvalue weighted by atomic mass is 10.0. The number of likely N-dealkylation sites (tertiary alicyclic amines) is 1. The Morgan fingerprint density at radius 1 is 1.04 bits per heavy atom. The molecule has 47 heavy (non-hydrogen) atoms. The standard InChI is InChI=1S/C38H50N4O4Si/c1-9-44-34-22-28(15-18-33(34)45-25(2)3)35(41-29-16-17-31-27(21-29)19-20-40-36(31)39)37(43)42-24-30(46-47(7,8)38(4,5)6)23-32(42)26-13-11-10-12-14-26/h10-22,25,30,32,35,41H,9,23-24H2,1-8H3,(H2,39,40). The van der Waals surface area contributed by atoms with Gasteiger partial charge < -0.3 is 29.9 Å². The molecule has 3 atom stereocenters. The van der Waals surface area contributed by atoms with Crippen LogP contribution in [0.25, 0.3) is 10.8 Å². The molecule has 250 valence electrons. The lowest BCUT2D eigenvalue weighted by Crippen LogP contribution is -2.45. The number of carbonyl (C=O) groups is 1. The van der Waals surface area contributed by atoms with Crippen molar-refractivity contribution >= 4 is 36.5 Å². The monoisotopic (exact) mass is 654 g/mol. The third-order valence-corrected chi connectivity index (χ3v) is 13.8. The number of benzene rings is 3. The first-order chi connectivity index (χ1) is 22.3. The number of carbonyl (C=O) groups excluding carboxylic acids is 1. The van der Waals surface area contributed by atoms with Crippen LogP contribution >= 0.6 is 0 Å². The highest BCUT2D eigenvalue weighted by Crippen LogP contribution is 2.43. The summed E-state index contributed by atoms with van der Waals surface area (Å²) in [7, 11) is -2.08. The first-order valence-corrected chi connectivity index (χ1v) is 19.6. The molecule has 3 unspecified atom stereocenters. The fourth-order valence-electron chi connectivity index (χ4n) is 5.95. The number of hydrogen-bond acceptors (Lipinski definition) is 7. The van der Waals surface area contributed by atoms with Crippen molar-refractivity contribution in [2.75, 3.05) is 24.2 Å². The van der Waals surface area contributed by atoms with Crippen LogP contribution in [-0.2, 0) is 9.22 Å². The molecule has 0 saturated carbocycles. The summed E-state index contributed by atoms with van der Waals surface area (Å²) in [6.45, 7) is 18.2. The summed E-state index contributed by atoms with van der Waals surface area (Å²) in [6, 6.07) is 23.1. The third kappa shape index (κ3) is 7.74. The quantitative estimate of drug-likeness (QED) is 0.156. The maximum atomic E-state index is 15.0. The van der Waals surface area contributed by atoms with E-state index in [9.17, 15) is 0 Å². The Labute approximate surface area is 280 Å². The van der Waals surface area contributed by atoms with Gasteiger partial charge in [-0.25, -0.2) is 4.98 Å². The zero-order valence-corrected chi connectivity index (χ0v) is 30.0. The Morgan fingerprint density at radius 3 is 2.47 bits per heavy atom. The van der Waals surface area contributed by atoms with Gasteiger partial charge in [-0.1, -0.05) is 57.2 Å². The molecule has 1 saturated heterocycles. The fraction of sp³-hybridized carbons (Fsp3) is 0.421. The number of hydrogen-bond donors (Lipinski definition) is 2. The zero-order valence-electron chi connectivity index (χ0n) is 29.0. The van der Waals surface area contributed by atoms with Crippen LogP contribution in [0.1, 0.15) is 71.2 Å². The molecule has 4 aromatic rings. The highest BCUT2D eigenvalue weighted by Gasteiger charge is 2.45. The van der Waals surface area contributed by atoms with Crippen molar-refractivity contribution in [2.24, 2.45) is 0 Å². The predicted molar refractivity (Wildman–Crippen MR) is 193 cm³/mol. The molecule has 1 amide bonds. The van der Waals surface area contributed by atoms with Gasteiger partial charge in [0.1, 0.15) is 11.9 Å². The zero-order chi connectivity index (χ0) is 33.9. The molecule has 0 aliphatic carbocycles. The molecule has 0 radical (unpaired) electrons. The van der Waals surface area contributed by atoms with Crippen molar-refractivity contribution in [3.8, 4) is 11.5 Å². The van der Waals surface area contributed by atoms with E-state index in [1.165, 1.54) is 0 Å².